The summed E-state index contributed by atoms with van der Waals surface area (Å²) in [5, 5.41) is 26.2. The van der Waals surface area contributed by atoms with Gasteiger partial charge in [0.2, 0.25) is 0 Å². The smallest absolute Gasteiger partial charge is 0.253 e. The van der Waals surface area contributed by atoms with Gasteiger partial charge >= 0.3 is 0 Å². The molecule has 3 atom stereocenters. The minimum absolute atomic E-state index is 0.0483. The summed E-state index contributed by atoms with van der Waals surface area (Å²) in [4.78, 5) is 28.3. The number of benzene rings is 2. The van der Waals surface area contributed by atoms with Crippen molar-refractivity contribution in [3.8, 4) is 0 Å². The Kier molecular flexibility index (Phi) is 12.8. The minimum atomic E-state index is -1.17. The molecule has 0 aromatic heterocycles. The van der Waals surface area contributed by atoms with Gasteiger partial charge in [-0.2, -0.15) is 0 Å². The molecule has 0 unspecified atom stereocenters. The number of rotatable bonds is 15. The number of nitrogens with zero attached hydrogens (tertiary/aromatic N) is 1. The van der Waals surface area contributed by atoms with E-state index in [-0.39, 0.29) is 30.2 Å². The Labute approximate surface area is 224 Å². The number of aliphatic hydroxyl groups excluding tert-OH is 2. The van der Waals surface area contributed by atoms with Crippen LogP contribution in [0.2, 0.25) is 0 Å². The fourth-order valence-corrected chi connectivity index (χ4v) is 4.67. The second-order valence-electron chi connectivity index (χ2n) is 9.69. The van der Waals surface area contributed by atoms with Crippen LogP contribution in [0.25, 0.3) is 0 Å². The number of carbonyl (C=O) groups is 2. The average molecular weight is 534 g/mol. The van der Waals surface area contributed by atoms with Crippen LogP contribution < -0.4 is 10.6 Å². The predicted molar refractivity (Wildman–Crippen MR) is 144 cm³/mol. The Morgan fingerprint density at radius 3 is 2.05 bits per heavy atom. The predicted octanol–water partition coefficient (Wildman–Crippen LogP) is 3.95. The molecule has 210 valence electrons. The lowest BCUT2D eigenvalue weighted by molar-refractivity contribution is 0.0611. The molecule has 38 heavy (non-hydrogen) atoms. The first-order valence-electron chi connectivity index (χ1n) is 13.3. The van der Waals surface area contributed by atoms with Gasteiger partial charge in [-0.05, 0) is 74.1 Å². The monoisotopic (exact) mass is 533 g/mol. The molecule has 2 rings (SSSR count). The van der Waals surface area contributed by atoms with Crippen LogP contribution in [0, 0.1) is 18.6 Å². The van der Waals surface area contributed by atoms with E-state index in [4.69, 9.17) is 0 Å². The number of carbonyl (C=O) groups excluding carboxylic acids is 2. The highest BCUT2D eigenvalue weighted by molar-refractivity contribution is 6.00. The molecule has 9 heteroatoms. The highest BCUT2D eigenvalue weighted by Gasteiger charge is 2.29. The van der Waals surface area contributed by atoms with Crippen molar-refractivity contribution in [2.45, 2.75) is 78.0 Å². The van der Waals surface area contributed by atoms with Gasteiger partial charge in [-0.15, -0.1) is 0 Å². The molecule has 0 aliphatic heterocycles. The van der Waals surface area contributed by atoms with Gasteiger partial charge in [0, 0.05) is 36.3 Å². The number of nitrogens with one attached hydrogen (secondary N) is 2. The standard InChI is InChI=1S/C29H41F2N3O4/c1-5-8-25(32-18-35)27(36)26(15-20-13-23(30)17-24(31)14-20)33-28(37)21-11-19(4)12-22(16-21)29(38)34(9-6-2)10-7-3/h11-14,16-17,25-27,32,35-36H,5-10,15,18H2,1-4H3,(H,33,37)/t25-,26+,27-/m1/s1. The van der Waals surface area contributed by atoms with Crippen molar-refractivity contribution >= 4 is 11.8 Å². The lowest BCUT2D eigenvalue weighted by atomic mass is 9.93. The van der Waals surface area contributed by atoms with E-state index in [0.717, 1.165) is 36.6 Å². The summed E-state index contributed by atoms with van der Waals surface area (Å²) in [6.07, 6.45) is 1.59. The van der Waals surface area contributed by atoms with Crippen LogP contribution >= 0.6 is 0 Å². The Hall–Kier alpha value is -2.88. The van der Waals surface area contributed by atoms with Crippen molar-refractivity contribution in [3.63, 3.8) is 0 Å². The van der Waals surface area contributed by atoms with Crippen LogP contribution in [0.5, 0.6) is 0 Å². The zero-order chi connectivity index (χ0) is 28.2. The first-order chi connectivity index (χ1) is 18.1. The fourth-order valence-electron chi connectivity index (χ4n) is 4.67. The van der Waals surface area contributed by atoms with Gasteiger partial charge in [-0.1, -0.05) is 27.2 Å². The molecule has 2 aromatic carbocycles. The van der Waals surface area contributed by atoms with Gasteiger partial charge in [-0.25, -0.2) is 8.78 Å². The molecule has 0 spiro atoms. The summed E-state index contributed by atoms with van der Waals surface area (Å²) in [7, 11) is 0. The van der Waals surface area contributed by atoms with E-state index >= 15 is 0 Å². The van der Waals surface area contributed by atoms with Crippen molar-refractivity contribution < 1.29 is 28.6 Å². The summed E-state index contributed by atoms with van der Waals surface area (Å²) < 4.78 is 27.8. The first kappa shape index (κ1) is 31.3. The second kappa shape index (κ2) is 15.5. The SMILES string of the molecule is CCC[C@@H](NCO)[C@@H](O)[C@H](Cc1cc(F)cc(F)c1)NC(=O)c1cc(C)cc(C(=O)N(CCC)CCC)c1. The van der Waals surface area contributed by atoms with Crippen LogP contribution in [0.3, 0.4) is 0 Å². The third-order valence-electron chi connectivity index (χ3n) is 6.33. The largest absolute Gasteiger partial charge is 0.389 e. The summed E-state index contributed by atoms with van der Waals surface area (Å²) in [5.74, 6) is -2.21. The van der Waals surface area contributed by atoms with Crippen LogP contribution in [0.1, 0.15) is 78.3 Å². The summed E-state index contributed by atoms with van der Waals surface area (Å²) in [5.41, 5.74) is 1.63. The van der Waals surface area contributed by atoms with Crippen LogP contribution in [0.15, 0.2) is 36.4 Å². The minimum Gasteiger partial charge on any atom is -0.389 e. The molecule has 4 N–H and O–H groups in total. The van der Waals surface area contributed by atoms with Crippen molar-refractivity contribution in [1.82, 2.24) is 15.5 Å². The quantitative estimate of drug-likeness (QED) is 0.260. The van der Waals surface area contributed by atoms with Gasteiger partial charge in [-0.3, -0.25) is 14.9 Å². The van der Waals surface area contributed by atoms with Crippen molar-refractivity contribution in [2.75, 3.05) is 19.8 Å². The van der Waals surface area contributed by atoms with E-state index in [0.29, 0.717) is 31.5 Å². The number of halogens is 2. The van der Waals surface area contributed by atoms with Crippen LogP contribution in [-0.2, 0) is 6.42 Å². The third-order valence-corrected chi connectivity index (χ3v) is 6.33. The maximum absolute atomic E-state index is 13.9. The van der Waals surface area contributed by atoms with Gasteiger partial charge in [0.05, 0.1) is 18.9 Å². The van der Waals surface area contributed by atoms with Crippen LogP contribution in [-0.4, -0.2) is 64.9 Å². The maximum Gasteiger partial charge on any atom is 0.253 e. The maximum atomic E-state index is 13.9. The number of hydrogen-bond donors (Lipinski definition) is 4. The number of hydrogen-bond acceptors (Lipinski definition) is 5. The van der Waals surface area contributed by atoms with Crippen molar-refractivity contribution in [1.29, 1.82) is 0 Å². The van der Waals surface area contributed by atoms with Gasteiger partial charge in [0.25, 0.3) is 11.8 Å². The molecule has 0 saturated heterocycles. The van der Waals surface area contributed by atoms with E-state index in [9.17, 15) is 28.6 Å². The van der Waals surface area contributed by atoms with Crippen molar-refractivity contribution in [3.05, 3.63) is 70.3 Å². The van der Waals surface area contributed by atoms with E-state index in [1.54, 1.807) is 24.0 Å². The molecule has 0 saturated carbocycles. The molecule has 0 heterocycles. The molecule has 0 aliphatic carbocycles. The van der Waals surface area contributed by atoms with Crippen LogP contribution in [0.4, 0.5) is 8.78 Å². The molecule has 0 fully saturated rings. The van der Waals surface area contributed by atoms with Crippen molar-refractivity contribution in [2.24, 2.45) is 0 Å². The Morgan fingerprint density at radius 2 is 1.50 bits per heavy atom. The van der Waals surface area contributed by atoms with E-state index in [1.165, 1.54) is 6.07 Å². The van der Waals surface area contributed by atoms with E-state index in [1.807, 2.05) is 20.8 Å². The topological polar surface area (TPSA) is 102 Å². The zero-order valence-electron chi connectivity index (χ0n) is 22.8. The normalized spacial score (nSPS) is 13.6. The lowest BCUT2D eigenvalue weighted by Gasteiger charge is -2.31. The Morgan fingerprint density at radius 1 is 0.895 bits per heavy atom. The molecule has 0 radical (unpaired) electrons. The number of aliphatic hydroxyl groups is 2. The molecular weight excluding hydrogens is 492 g/mol. The Balaban J connectivity index is 2.39. The number of aryl methyl sites for hydroxylation is 1. The molecule has 7 nitrogen and oxygen atoms in total. The molecule has 2 amide bonds. The highest BCUT2D eigenvalue weighted by Crippen LogP contribution is 2.18. The zero-order valence-corrected chi connectivity index (χ0v) is 22.8. The number of amides is 2. The summed E-state index contributed by atoms with van der Waals surface area (Å²) in [6.45, 7) is 8.54. The third kappa shape index (κ3) is 9.15. The first-order valence-corrected chi connectivity index (χ1v) is 13.3. The molecule has 0 aliphatic rings. The fraction of sp³-hybridized carbons (Fsp3) is 0.517. The van der Waals surface area contributed by atoms with Gasteiger partial charge < -0.3 is 20.4 Å². The summed E-state index contributed by atoms with van der Waals surface area (Å²) in [6, 6.07) is 6.48. The second-order valence-corrected chi connectivity index (χ2v) is 9.69. The molecule has 2 aromatic rings. The summed E-state index contributed by atoms with van der Waals surface area (Å²) >= 11 is 0. The lowest BCUT2D eigenvalue weighted by Crippen LogP contribution is -2.54. The van der Waals surface area contributed by atoms with Gasteiger partial charge in [0.15, 0.2) is 0 Å². The van der Waals surface area contributed by atoms with E-state index < -0.39 is 35.7 Å². The average Bonchev–Trinajstić information content (AvgIpc) is 2.86. The highest BCUT2D eigenvalue weighted by atomic mass is 19.1. The molecular formula is C29H41F2N3O4. The molecule has 0 bridgehead atoms. The Bertz CT molecular complexity index is 1030. The van der Waals surface area contributed by atoms with E-state index in [2.05, 4.69) is 10.6 Å². The van der Waals surface area contributed by atoms with Gasteiger partial charge in [0.1, 0.15) is 11.6 Å².